The number of thiol groups is 1. The van der Waals surface area contributed by atoms with E-state index in [9.17, 15) is 4.79 Å². The number of carbonyl (C=O) groups is 1. The first-order chi connectivity index (χ1) is 7.11. The highest BCUT2D eigenvalue weighted by atomic mass is 32.1. The minimum atomic E-state index is -0.407. The number of esters is 1. The molecular weight excluding hydrogens is 210 g/mol. The number of hydrogen-bond donors (Lipinski definition) is 1. The van der Waals surface area contributed by atoms with Gasteiger partial charge in [0.2, 0.25) is 0 Å². The van der Waals surface area contributed by atoms with Crippen LogP contribution in [-0.4, -0.2) is 12.6 Å². The fraction of sp³-hybridized carbons (Fsp3) is 0.273. The van der Waals surface area contributed by atoms with Gasteiger partial charge in [-0.2, -0.15) is 5.26 Å². The summed E-state index contributed by atoms with van der Waals surface area (Å²) in [5, 5.41) is 8.78. The molecule has 0 unspecified atom stereocenters. The van der Waals surface area contributed by atoms with Gasteiger partial charge in [0.1, 0.15) is 0 Å². The van der Waals surface area contributed by atoms with E-state index in [0.29, 0.717) is 28.2 Å². The van der Waals surface area contributed by atoms with Crippen LogP contribution in [-0.2, 0) is 4.74 Å². The summed E-state index contributed by atoms with van der Waals surface area (Å²) in [6.45, 7) is 3.82. The van der Waals surface area contributed by atoms with Gasteiger partial charge in [-0.1, -0.05) is 0 Å². The Labute approximate surface area is 94.1 Å². The Kier molecular flexibility index (Phi) is 3.75. The first kappa shape index (κ1) is 11.6. The minimum absolute atomic E-state index is 0.325. The van der Waals surface area contributed by atoms with Gasteiger partial charge < -0.3 is 4.74 Å². The Morgan fingerprint density at radius 1 is 1.60 bits per heavy atom. The lowest BCUT2D eigenvalue weighted by Crippen LogP contribution is -2.06. The Balaban J connectivity index is 3.19. The largest absolute Gasteiger partial charge is 0.462 e. The summed E-state index contributed by atoms with van der Waals surface area (Å²) >= 11 is 4.22. The molecule has 0 aliphatic carbocycles. The molecule has 0 bridgehead atoms. The molecule has 0 atom stereocenters. The van der Waals surface area contributed by atoms with Crippen LogP contribution in [0, 0.1) is 18.3 Å². The number of nitriles is 1. The van der Waals surface area contributed by atoms with Crippen LogP contribution in [0.1, 0.15) is 28.4 Å². The summed E-state index contributed by atoms with van der Waals surface area (Å²) < 4.78 is 4.87. The molecular formula is C11H11NO2S. The molecule has 0 N–H and O–H groups in total. The average molecular weight is 221 g/mol. The molecule has 0 spiro atoms. The van der Waals surface area contributed by atoms with Crippen LogP contribution in [0.4, 0.5) is 0 Å². The topological polar surface area (TPSA) is 50.1 Å². The highest BCUT2D eigenvalue weighted by Gasteiger charge is 2.13. The maximum Gasteiger partial charge on any atom is 0.339 e. The van der Waals surface area contributed by atoms with Crippen LogP contribution < -0.4 is 0 Å². The summed E-state index contributed by atoms with van der Waals surface area (Å²) in [7, 11) is 0. The minimum Gasteiger partial charge on any atom is -0.462 e. The Bertz CT molecular complexity index is 435. The van der Waals surface area contributed by atoms with Crippen molar-refractivity contribution in [3.8, 4) is 6.07 Å². The van der Waals surface area contributed by atoms with Crippen LogP contribution in [0.3, 0.4) is 0 Å². The van der Waals surface area contributed by atoms with E-state index < -0.39 is 5.97 Å². The highest BCUT2D eigenvalue weighted by Crippen LogP contribution is 2.22. The van der Waals surface area contributed by atoms with E-state index in [0.717, 1.165) is 0 Å². The van der Waals surface area contributed by atoms with E-state index in [4.69, 9.17) is 10.00 Å². The average Bonchev–Trinajstić information content (AvgIpc) is 2.22. The third-order valence-electron chi connectivity index (χ3n) is 2.05. The predicted molar refractivity (Wildman–Crippen MR) is 59.1 cm³/mol. The number of hydrogen-bond acceptors (Lipinski definition) is 4. The number of rotatable bonds is 2. The summed E-state index contributed by atoms with van der Waals surface area (Å²) in [6.07, 6.45) is 0. The fourth-order valence-corrected chi connectivity index (χ4v) is 1.48. The molecule has 0 aliphatic heterocycles. The van der Waals surface area contributed by atoms with Crippen molar-refractivity contribution in [1.29, 1.82) is 5.26 Å². The van der Waals surface area contributed by atoms with Crippen molar-refractivity contribution in [3.63, 3.8) is 0 Å². The Morgan fingerprint density at radius 3 is 2.80 bits per heavy atom. The van der Waals surface area contributed by atoms with E-state index in [-0.39, 0.29) is 0 Å². The van der Waals surface area contributed by atoms with Gasteiger partial charge in [-0.05, 0) is 31.5 Å². The zero-order chi connectivity index (χ0) is 11.4. The van der Waals surface area contributed by atoms with Crippen LogP contribution >= 0.6 is 12.6 Å². The van der Waals surface area contributed by atoms with Crippen molar-refractivity contribution >= 4 is 18.6 Å². The second-order valence-electron chi connectivity index (χ2n) is 2.97. The molecule has 1 aromatic carbocycles. The first-order valence-electron chi connectivity index (χ1n) is 4.51. The van der Waals surface area contributed by atoms with E-state index in [1.807, 2.05) is 6.07 Å². The lowest BCUT2D eigenvalue weighted by Gasteiger charge is -2.07. The number of nitrogens with zero attached hydrogens (tertiary/aromatic N) is 1. The van der Waals surface area contributed by atoms with Crippen LogP contribution in [0.2, 0.25) is 0 Å². The van der Waals surface area contributed by atoms with E-state index in [1.54, 1.807) is 26.0 Å². The molecule has 0 amide bonds. The van der Waals surface area contributed by atoms with E-state index in [2.05, 4.69) is 12.6 Å². The lowest BCUT2D eigenvalue weighted by atomic mass is 10.1. The standard InChI is InChI=1S/C11H11NO2S/c1-3-14-11(13)9-5-4-8(6-12)7(2)10(9)15/h4-5,15H,3H2,1-2H3. The fourth-order valence-electron chi connectivity index (χ4n) is 1.19. The third-order valence-corrected chi connectivity index (χ3v) is 2.62. The second kappa shape index (κ2) is 4.85. The monoisotopic (exact) mass is 221 g/mol. The molecule has 78 valence electrons. The molecule has 1 rings (SSSR count). The van der Waals surface area contributed by atoms with Gasteiger partial charge in [0.05, 0.1) is 23.8 Å². The highest BCUT2D eigenvalue weighted by molar-refractivity contribution is 7.80. The zero-order valence-electron chi connectivity index (χ0n) is 8.57. The summed E-state index contributed by atoms with van der Waals surface area (Å²) in [5.41, 5.74) is 1.62. The number of benzene rings is 1. The Hall–Kier alpha value is -1.47. The van der Waals surface area contributed by atoms with Crippen LogP contribution in [0.15, 0.2) is 17.0 Å². The van der Waals surface area contributed by atoms with Gasteiger partial charge in [0.15, 0.2) is 0 Å². The number of carbonyl (C=O) groups excluding carboxylic acids is 1. The molecule has 1 aromatic rings. The van der Waals surface area contributed by atoms with Crippen LogP contribution in [0.5, 0.6) is 0 Å². The second-order valence-corrected chi connectivity index (χ2v) is 3.41. The van der Waals surface area contributed by atoms with Crippen LogP contribution in [0.25, 0.3) is 0 Å². The molecule has 0 fully saturated rings. The SMILES string of the molecule is CCOC(=O)c1ccc(C#N)c(C)c1S. The van der Waals surface area contributed by atoms with E-state index >= 15 is 0 Å². The smallest absolute Gasteiger partial charge is 0.339 e. The first-order valence-corrected chi connectivity index (χ1v) is 4.96. The molecule has 4 heteroatoms. The molecule has 0 saturated heterocycles. The molecule has 0 radical (unpaired) electrons. The molecule has 0 saturated carbocycles. The van der Waals surface area contributed by atoms with Gasteiger partial charge in [-0.15, -0.1) is 12.6 Å². The van der Waals surface area contributed by atoms with Crippen molar-refractivity contribution in [2.24, 2.45) is 0 Å². The van der Waals surface area contributed by atoms with Gasteiger partial charge >= 0.3 is 5.97 Å². The van der Waals surface area contributed by atoms with Gasteiger partial charge in [-0.3, -0.25) is 0 Å². The number of ether oxygens (including phenoxy) is 1. The quantitative estimate of drug-likeness (QED) is 0.616. The predicted octanol–water partition coefficient (Wildman–Crippen LogP) is 2.33. The molecule has 0 heterocycles. The van der Waals surface area contributed by atoms with Crippen molar-refractivity contribution in [3.05, 3.63) is 28.8 Å². The lowest BCUT2D eigenvalue weighted by molar-refractivity contribution is 0.0522. The molecule has 0 aliphatic rings. The summed E-state index contributed by atoms with van der Waals surface area (Å²) in [5.74, 6) is -0.407. The zero-order valence-corrected chi connectivity index (χ0v) is 9.47. The van der Waals surface area contributed by atoms with Gasteiger partial charge in [0, 0.05) is 4.90 Å². The summed E-state index contributed by atoms with van der Waals surface area (Å²) in [6, 6.07) is 5.19. The van der Waals surface area contributed by atoms with Gasteiger partial charge in [0.25, 0.3) is 0 Å². The van der Waals surface area contributed by atoms with Crippen molar-refractivity contribution < 1.29 is 9.53 Å². The normalized spacial score (nSPS) is 9.47. The van der Waals surface area contributed by atoms with Crippen molar-refractivity contribution in [2.45, 2.75) is 18.7 Å². The van der Waals surface area contributed by atoms with Crippen molar-refractivity contribution in [2.75, 3.05) is 6.61 Å². The summed E-state index contributed by atoms with van der Waals surface area (Å²) in [4.78, 5) is 12.0. The molecule has 0 aromatic heterocycles. The van der Waals surface area contributed by atoms with Gasteiger partial charge in [-0.25, -0.2) is 4.79 Å². The van der Waals surface area contributed by atoms with Crippen molar-refractivity contribution in [1.82, 2.24) is 0 Å². The third kappa shape index (κ3) is 2.31. The maximum atomic E-state index is 11.5. The molecule has 15 heavy (non-hydrogen) atoms. The van der Waals surface area contributed by atoms with E-state index in [1.165, 1.54) is 0 Å². The Morgan fingerprint density at radius 2 is 2.27 bits per heavy atom. The maximum absolute atomic E-state index is 11.5. The molecule has 3 nitrogen and oxygen atoms in total.